The lowest BCUT2D eigenvalue weighted by atomic mass is 9.74. The number of nitrogens with zero attached hydrogens (tertiary/aromatic N) is 2. The number of rotatable bonds is 7. The lowest BCUT2D eigenvalue weighted by Gasteiger charge is -2.37. The molecule has 9 heteroatoms. The van der Waals surface area contributed by atoms with Gasteiger partial charge in [0, 0.05) is 30.4 Å². The first-order chi connectivity index (χ1) is 18.3. The van der Waals surface area contributed by atoms with Crippen molar-refractivity contribution < 1.29 is 29.0 Å². The summed E-state index contributed by atoms with van der Waals surface area (Å²) in [4.78, 5) is 45.2. The maximum absolute atomic E-state index is 14.3. The molecule has 0 radical (unpaired) electrons. The van der Waals surface area contributed by atoms with Crippen LogP contribution in [0, 0.1) is 11.8 Å². The molecule has 1 unspecified atom stereocenters. The van der Waals surface area contributed by atoms with Gasteiger partial charge in [0.2, 0.25) is 5.91 Å². The fraction of sp³-hybridized carbons (Fsp3) is 0.552. The predicted octanol–water partition coefficient (Wildman–Crippen LogP) is 3.66. The van der Waals surface area contributed by atoms with Gasteiger partial charge in [-0.15, -0.1) is 0 Å². The number of amides is 2. The van der Waals surface area contributed by atoms with Crippen LogP contribution in [-0.4, -0.2) is 71.3 Å². The molecule has 5 rings (SSSR count). The zero-order chi connectivity index (χ0) is 26.9. The second-order valence-electron chi connectivity index (χ2n) is 10.7. The van der Waals surface area contributed by atoms with Crippen LogP contribution in [0.2, 0.25) is 5.02 Å². The number of fused-ring (bicyclic) bond motifs is 2. The standard InChI is InChI=1S/C29H35ClN2O6/c1-28-14-5-4-8-19-37-27(36)23(28)22-25(34)32(16-6-2-3-7-18-33)24-26(35)31(17-9-15-29(22,24)38-28)21-12-10-20(30)11-13-21/h5,9-15,22-24,33H,2-4,6-8,16-19H2,1H3/b14-5-/t22-,23+,24?,28-,29-/m0/s1. The van der Waals surface area contributed by atoms with E-state index in [2.05, 4.69) is 0 Å². The fourth-order valence-corrected chi connectivity index (χ4v) is 6.60. The van der Waals surface area contributed by atoms with Crippen molar-refractivity contribution >= 4 is 35.1 Å². The van der Waals surface area contributed by atoms with Gasteiger partial charge in [0.05, 0.1) is 18.1 Å². The summed E-state index contributed by atoms with van der Waals surface area (Å²) >= 11 is 6.10. The van der Waals surface area contributed by atoms with Crippen LogP contribution in [0.1, 0.15) is 45.4 Å². The molecule has 1 aromatic rings. The quantitative estimate of drug-likeness (QED) is 0.321. The molecule has 2 amide bonds. The Morgan fingerprint density at radius 3 is 2.53 bits per heavy atom. The molecule has 1 N–H and O–H groups in total. The third kappa shape index (κ3) is 4.56. The van der Waals surface area contributed by atoms with Gasteiger partial charge >= 0.3 is 5.97 Å². The molecule has 0 aliphatic carbocycles. The van der Waals surface area contributed by atoms with Crippen LogP contribution >= 0.6 is 11.6 Å². The molecule has 4 aliphatic heterocycles. The minimum Gasteiger partial charge on any atom is -0.465 e. The molecule has 1 aromatic carbocycles. The number of ether oxygens (including phenoxy) is 2. The Kier molecular flexibility index (Phi) is 7.67. The van der Waals surface area contributed by atoms with Crippen molar-refractivity contribution in [2.24, 2.45) is 11.8 Å². The number of aliphatic hydroxyl groups is 1. The first kappa shape index (κ1) is 26.9. The summed E-state index contributed by atoms with van der Waals surface area (Å²) in [5.41, 5.74) is -1.72. The van der Waals surface area contributed by atoms with Crippen LogP contribution in [0.5, 0.6) is 0 Å². The highest BCUT2D eigenvalue weighted by Gasteiger charge is 2.74. The third-order valence-corrected chi connectivity index (χ3v) is 8.45. The van der Waals surface area contributed by atoms with Gasteiger partial charge in [-0.05, 0) is 56.9 Å². The molecule has 4 heterocycles. The number of benzene rings is 1. The van der Waals surface area contributed by atoms with Gasteiger partial charge in [0.25, 0.3) is 5.91 Å². The summed E-state index contributed by atoms with van der Waals surface area (Å²) in [7, 11) is 0. The summed E-state index contributed by atoms with van der Waals surface area (Å²) in [5.74, 6) is -2.72. The van der Waals surface area contributed by atoms with Gasteiger partial charge in [-0.2, -0.15) is 0 Å². The number of likely N-dealkylation sites (tertiary alicyclic amines) is 1. The highest BCUT2D eigenvalue weighted by Crippen LogP contribution is 2.57. The van der Waals surface area contributed by atoms with E-state index in [0.717, 1.165) is 19.3 Å². The molecule has 5 atom stereocenters. The average Bonchev–Trinajstić information content (AvgIpc) is 3.24. The Morgan fingerprint density at radius 1 is 1.00 bits per heavy atom. The highest BCUT2D eigenvalue weighted by atomic mass is 35.5. The van der Waals surface area contributed by atoms with Crippen molar-refractivity contribution in [3.05, 3.63) is 53.6 Å². The number of cyclic esters (lactones) is 1. The molecule has 8 nitrogen and oxygen atoms in total. The van der Waals surface area contributed by atoms with Crippen LogP contribution in [0.25, 0.3) is 0 Å². The Hall–Kier alpha value is -2.68. The number of aliphatic hydroxyl groups excluding tert-OH is 1. The molecule has 2 saturated heterocycles. The molecular weight excluding hydrogens is 508 g/mol. The predicted molar refractivity (Wildman–Crippen MR) is 143 cm³/mol. The summed E-state index contributed by atoms with van der Waals surface area (Å²) in [6.45, 7) is 2.88. The molecule has 0 aromatic heterocycles. The van der Waals surface area contributed by atoms with Crippen LogP contribution in [0.3, 0.4) is 0 Å². The molecule has 0 bridgehead atoms. The number of hydrogen-bond acceptors (Lipinski definition) is 6. The highest BCUT2D eigenvalue weighted by molar-refractivity contribution is 6.30. The van der Waals surface area contributed by atoms with Crippen molar-refractivity contribution in [3.8, 4) is 0 Å². The number of allylic oxidation sites excluding steroid dienone is 1. The molecule has 38 heavy (non-hydrogen) atoms. The monoisotopic (exact) mass is 542 g/mol. The van der Waals surface area contributed by atoms with Crippen molar-refractivity contribution in [3.63, 3.8) is 0 Å². The van der Waals surface area contributed by atoms with Crippen LogP contribution < -0.4 is 4.90 Å². The molecule has 0 saturated carbocycles. The largest absolute Gasteiger partial charge is 0.465 e. The van der Waals surface area contributed by atoms with E-state index < -0.39 is 35.0 Å². The van der Waals surface area contributed by atoms with E-state index in [4.69, 9.17) is 26.2 Å². The van der Waals surface area contributed by atoms with Gasteiger partial charge in [0.15, 0.2) is 0 Å². The molecule has 2 fully saturated rings. The lowest BCUT2D eigenvalue weighted by Crippen LogP contribution is -2.56. The SMILES string of the molecule is C[C@]12/C=C\CCCOC(=O)[C@H]1[C@H]1C(=O)N(CCCCCCO)C3C(=O)N(c4ccc(Cl)cc4)CC=C[C@@]31O2. The summed E-state index contributed by atoms with van der Waals surface area (Å²) < 4.78 is 12.4. The van der Waals surface area contributed by atoms with Gasteiger partial charge in [-0.1, -0.05) is 48.7 Å². The van der Waals surface area contributed by atoms with Crippen LogP contribution in [-0.2, 0) is 23.9 Å². The minimum atomic E-state index is -1.30. The normalized spacial score (nSPS) is 33.6. The first-order valence-electron chi connectivity index (χ1n) is 13.5. The van der Waals surface area contributed by atoms with Crippen LogP contribution in [0.4, 0.5) is 5.69 Å². The van der Waals surface area contributed by atoms with E-state index in [1.54, 1.807) is 34.1 Å². The summed E-state index contributed by atoms with van der Waals surface area (Å²) in [6, 6.07) is 6.10. The number of anilines is 1. The summed E-state index contributed by atoms with van der Waals surface area (Å²) in [6.07, 6.45) is 12.0. The molecule has 204 valence electrons. The van der Waals surface area contributed by atoms with E-state index in [1.165, 1.54) is 0 Å². The van der Waals surface area contributed by atoms with Gasteiger partial charge in [-0.3, -0.25) is 14.4 Å². The van der Waals surface area contributed by atoms with E-state index in [0.29, 0.717) is 43.1 Å². The maximum atomic E-state index is 14.3. The van der Waals surface area contributed by atoms with E-state index in [9.17, 15) is 14.4 Å². The Labute approximate surface area is 228 Å². The van der Waals surface area contributed by atoms with Gasteiger partial charge in [-0.25, -0.2) is 0 Å². The zero-order valence-corrected chi connectivity index (χ0v) is 22.4. The van der Waals surface area contributed by atoms with Crippen LogP contribution in [0.15, 0.2) is 48.6 Å². The van der Waals surface area contributed by atoms with E-state index >= 15 is 0 Å². The topological polar surface area (TPSA) is 96.4 Å². The number of carbonyl (C=O) groups excluding carboxylic acids is 3. The Morgan fingerprint density at radius 2 is 1.76 bits per heavy atom. The van der Waals surface area contributed by atoms with E-state index in [1.807, 2.05) is 31.2 Å². The van der Waals surface area contributed by atoms with Crippen molar-refractivity contribution in [2.45, 2.75) is 62.7 Å². The number of carbonyl (C=O) groups is 3. The molecular formula is C29H35ClN2O6. The molecule has 1 spiro atoms. The second kappa shape index (κ2) is 10.8. The number of halogens is 1. The number of esters is 1. The Bertz CT molecular complexity index is 1140. The lowest BCUT2D eigenvalue weighted by molar-refractivity contribution is -0.158. The smallest absolute Gasteiger partial charge is 0.313 e. The molecule has 4 aliphatic rings. The first-order valence-corrected chi connectivity index (χ1v) is 13.9. The van der Waals surface area contributed by atoms with Crippen molar-refractivity contribution in [1.29, 1.82) is 0 Å². The zero-order valence-electron chi connectivity index (χ0n) is 21.7. The Balaban J connectivity index is 1.56. The minimum absolute atomic E-state index is 0.125. The van der Waals surface area contributed by atoms with Gasteiger partial charge in [0.1, 0.15) is 17.6 Å². The third-order valence-electron chi connectivity index (χ3n) is 8.20. The maximum Gasteiger partial charge on any atom is 0.313 e. The number of unbranched alkanes of at least 4 members (excludes halogenated alkanes) is 3. The average molecular weight is 543 g/mol. The van der Waals surface area contributed by atoms with Gasteiger partial charge < -0.3 is 24.4 Å². The van der Waals surface area contributed by atoms with Crippen molar-refractivity contribution in [1.82, 2.24) is 4.90 Å². The second-order valence-corrected chi connectivity index (χ2v) is 11.1. The number of hydrogen-bond donors (Lipinski definition) is 1. The fourth-order valence-electron chi connectivity index (χ4n) is 6.47. The summed E-state index contributed by atoms with van der Waals surface area (Å²) in [5, 5.41) is 9.69. The van der Waals surface area contributed by atoms with Crippen molar-refractivity contribution in [2.75, 3.05) is 31.2 Å². The van der Waals surface area contributed by atoms with E-state index in [-0.39, 0.29) is 25.0 Å².